The van der Waals surface area contributed by atoms with Crippen LogP contribution in [0.5, 0.6) is 0 Å². The number of rotatable bonds is 7. The number of halogens is 2. The van der Waals surface area contributed by atoms with Crippen molar-refractivity contribution in [1.82, 2.24) is 4.31 Å². The van der Waals surface area contributed by atoms with Gasteiger partial charge >= 0.3 is 5.97 Å². The fourth-order valence-corrected chi connectivity index (χ4v) is 6.57. The number of carbonyl (C=O) groups is 1. The zero-order chi connectivity index (χ0) is 23.8. The Hall–Kier alpha value is -2.40. The van der Waals surface area contributed by atoms with Gasteiger partial charge in [-0.25, -0.2) is 22.0 Å². The van der Waals surface area contributed by atoms with E-state index in [0.29, 0.717) is 18.4 Å². The van der Waals surface area contributed by atoms with Crippen LogP contribution in [0.1, 0.15) is 41.7 Å². The maximum atomic E-state index is 15.1. The molecule has 33 heavy (non-hydrogen) atoms. The Morgan fingerprint density at radius 3 is 2.48 bits per heavy atom. The van der Waals surface area contributed by atoms with Gasteiger partial charge in [-0.3, -0.25) is 0 Å². The smallest absolute Gasteiger partial charge is 0.329 e. The monoisotopic (exact) mass is 481 g/mol. The molecule has 2 aliphatic heterocycles. The molecular formula is C23H25F2NO6S. The van der Waals surface area contributed by atoms with Crippen molar-refractivity contribution in [2.45, 2.75) is 43.2 Å². The Morgan fingerprint density at radius 2 is 1.88 bits per heavy atom. The fraction of sp³-hybridized carbons (Fsp3) is 0.435. The molecule has 4 rings (SSSR count). The summed E-state index contributed by atoms with van der Waals surface area (Å²) in [5, 5.41) is 8.13. The van der Waals surface area contributed by atoms with E-state index >= 15 is 8.78 Å². The number of hydrogen-bond acceptors (Lipinski definition) is 5. The lowest BCUT2D eigenvalue weighted by molar-refractivity contribution is -0.221. The average Bonchev–Trinajstić information content (AvgIpc) is 2.73. The lowest BCUT2D eigenvalue weighted by atomic mass is 9.90. The van der Waals surface area contributed by atoms with Crippen molar-refractivity contribution in [2.75, 3.05) is 19.8 Å². The number of aliphatic carboxylic acids is 1. The standard InChI is InChI=1S/C23H25F2NO6S/c1-15-7-8-21(16-5-3-2-4-6-16)33(29,30)26(15)11-17-9-20(25)18(10-19(17)24)23(13-31-14-23)32-12-22(27)28/h2-6,9-10,15,21H,7-8,11-14H2,1H3,(H,27,28)/t15-,21+/m0/s1. The molecule has 178 valence electrons. The van der Waals surface area contributed by atoms with E-state index in [1.165, 1.54) is 4.31 Å². The molecule has 2 fully saturated rings. The van der Waals surface area contributed by atoms with Gasteiger partial charge in [-0.15, -0.1) is 0 Å². The van der Waals surface area contributed by atoms with E-state index in [1.807, 2.05) is 0 Å². The van der Waals surface area contributed by atoms with Crippen LogP contribution in [-0.4, -0.2) is 49.7 Å². The number of sulfonamides is 1. The summed E-state index contributed by atoms with van der Waals surface area (Å²) in [6, 6.07) is 10.4. The van der Waals surface area contributed by atoms with Crippen LogP contribution in [0.2, 0.25) is 0 Å². The first-order valence-electron chi connectivity index (χ1n) is 10.6. The summed E-state index contributed by atoms with van der Waals surface area (Å²) in [6.07, 6.45) is 1.04. The van der Waals surface area contributed by atoms with E-state index in [-0.39, 0.29) is 36.9 Å². The number of hydrogen-bond donors (Lipinski definition) is 1. The molecule has 0 bridgehead atoms. The number of benzene rings is 2. The van der Waals surface area contributed by atoms with Gasteiger partial charge in [0.05, 0.1) is 13.2 Å². The van der Waals surface area contributed by atoms with E-state index < -0.39 is 45.1 Å². The molecule has 2 heterocycles. The van der Waals surface area contributed by atoms with Gasteiger partial charge in [0.15, 0.2) is 0 Å². The van der Waals surface area contributed by atoms with Crippen LogP contribution >= 0.6 is 0 Å². The molecule has 2 saturated heterocycles. The first-order chi connectivity index (χ1) is 15.6. The van der Waals surface area contributed by atoms with Gasteiger partial charge in [0, 0.05) is 23.7 Å². The highest BCUT2D eigenvalue weighted by molar-refractivity contribution is 7.89. The van der Waals surface area contributed by atoms with Crippen molar-refractivity contribution in [2.24, 2.45) is 0 Å². The number of nitrogens with zero attached hydrogens (tertiary/aromatic N) is 1. The highest BCUT2D eigenvalue weighted by Crippen LogP contribution is 2.40. The summed E-state index contributed by atoms with van der Waals surface area (Å²) in [6.45, 7) is 0.548. The SMILES string of the molecule is C[C@H]1CC[C@H](c2ccccc2)S(=O)(=O)N1Cc1cc(F)c(C2(OCC(=O)O)COC2)cc1F. The zero-order valence-corrected chi connectivity index (χ0v) is 18.9. The Labute approximate surface area is 191 Å². The predicted octanol–water partition coefficient (Wildman–Crippen LogP) is 3.35. The summed E-state index contributed by atoms with van der Waals surface area (Å²) in [5.41, 5.74) is -0.967. The molecule has 0 aromatic heterocycles. The third-order valence-electron chi connectivity index (χ3n) is 6.29. The summed E-state index contributed by atoms with van der Waals surface area (Å²) in [7, 11) is -3.81. The highest BCUT2D eigenvalue weighted by Gasteiger charge is 2.45. The number of carboxylic acid groups (broad SMARTS) is 1. The van der Waals surface area contributed by atoms with E-state index in [1.54, 1.807) is 37.3 Å². The van der Waals surface area contributed by atoms with Gasteiger partial charge in [-0.2, -0.15) is 4.31 Å². The van der Waals surface area contributed by atoms with Gasteiger partial charge < -0.3 is 14.6 Å². The van der Waals surface area contributed by atoms with Crippen molar-refractivity contribution in [3.8, 4) is 0 Å². The van der Waals surface area contributed by atoms with E-state index in [9.17, 15) is 13.2 Å². The zero-order valence-electron chi connectivity index (χ0n) is 18.0. The lowest BCUT2D eigenvalue weighted by Gasteiger charge is -2.41. The topological polar surface area (TPSA) is 93.1 Å². The van der Waals surface area contributed by atoms with Crippen LogP contribution in [-0.2, 0) is 36.4 Å². The third kappa shape index (κ3) is 4.52. The quantitative estimate of drug-likeness (QED) is 0.652. The number of carboxylic acids is 1. The van der Waals surface area contributed by atoms with Crippen LogP contribution in [0.3, 0.4) is 0 Å². The molecule has 2 aromatic rings. The second kappa shape index (κ2) is 9.09. The van der Waals surface area contributed by atoms with E-state index in [0.717, 1.165) is 12.1 Å². The molecule has 0 spiro atoms. The predicted molar refractivity (Wildman–Crippen MR) is 115 cm³/mol. The average molecular weight is 482 g/mol. The summed E-state index contributed by atoms with van der Waals surface area (Å²) in [4.78, 5) is 10.9. The highest BCUT2D eigenvalue weighted by atomic mass is 32.2. The fourth-order valence-electron chi connectivity index (χ4n) is 4.38. The Kier molecular flexibility index (Phi) is 6.54. The van der Waals surface area contributed by atoms with E-state index in [2.05, 4.69) is 0 Å². The van der Waals surface area contributed by atoms with Crippen molar-refractivity contribution in [3.63, 3.8) is 0 Å². The van der Waals surface area contributed by atoms with Gasteiger partial charge in [-0.05, 0) is 37.5 Å². The first-order valence-corrected chi connectivity index (χ1v) is 12.1. The van der Waals surface area contributed by atoms with Crippen molar-refractivity contribution >= 4 is 16.0 Å². The number of ether oxygens (including phenoxy) is 2. The third-order valence-corrected chi connectivity index (χ3v) is 8.66. The maximum Gasteiger partial charge on any atom is 0.329 e. The molecule has 0 amide bonds. The van der Waals surface area contributed by atoms with Crippen LogP contribution in [0.25, 0.3) is 0 Å². The molecule has 0 saturated carbocycles. The summed E-state index contributed by atoms with van der Waals surface area (Å²) < 4.78 is 68.5. The van der Waals surface area contributed by atoms with Crippen molar-refractivity contribution in [3.05, 3.63) is 70.8 Å². The minimum Gasteiger partial charge on any atom is -0.480 e. The second-order valence-electron chi connectivity index (χ2n) is 8.51. The Morgan fingerprint density at radius 1 is 1.18 bits per heavy atom. The Bertz CT molecular complexity index is 1140. The molecule has 2 atom stereocenters. The van der Waals surface area contributed by atoms with E-state index in [4.69, 9.17) is 14.6 Å². The summed E-state index contributed by atoms with van der Waals surface area (Å²) in [5.74, 6) is -2.83. The van der Waals surface area contributed by atoms with Gasteiger partial charge in [0.2, 0.25) is 10.0 Å². The molecule has 2 aliphatic rings. The molecular weight excluding hydrogens is 456 g/mol. The molecule has 2 aromatic carbocycles. The lowest BCUT2D eigenvalue weighted by Crippen LogP contribution is -2.50. The van der Waals surface area contributed by atoms with Gasteiger partial charge in [-0.1, -0.05) is 30.3 Å². The molecule has 0 unspecified atom stereocenters. The van der Waals surface area contributed by atoms with Crippen LogP contribution in [0, 0.1) is 11.6 Å². The molecule has 10 heteroatoms. The molecule has 7 nitrogen and oxygen atoms in total. The summed E-state index contributed by atoms with van der Waals surface area (Å²) >= 11 is 0. The van der Waals surface area contributed by atoms with Gasteiger partial charge in [0.1, 0.15) is 29.1 Å². The minimum absolute atomic E-state index is 0.103. The second-order valence-corrected chi connectivity index (χ2v) is 10.6. The molecule has 0 aliphatic carbocycles. The maximum absolute atomic E-state index is 15.1. The normalized spacial score (nSPS) is 24.2. The molecule has 0 radical (unpaired) electrons. The van der Waals surface area contributed by atoms with Gasteiger partial charge in [0.25, 0.3) is 0 Å². The largest absolute Gasteiger partial charge is 0.480 e. The minimum atomic E-state index is -3.81. The van der Waals surface area contributed by atoms with Crippen molar-refractivity contribution in [1.29, 1.82) is 0 Å². The molecule has 1 N–H and O–H groups in total. The van der Waals surface area contributed by atoms with Crippen LogP contribution < -0.4 is 0 Å². The van der Waals surface area contributed by atoms with Crippen LogP contribution in [0.15, 0.2) is 42.5 Å². The van der Waals surface area contributed by atoms with Crippen LogP contribution in [0.4, 0.5) is 8.78 Å². The van der Waals surface area contributed by atoms with Crippen molar-refractivity contribution < 1.29 is 36.6 Å². The Balaban J connectivity index is 1.62. The first kappa shape index (κ1) is 23.7.